The van der Waals surface area contributed by atoms with E-state index in [0.717, 1.165) is 0 Å². The molecule has 2 saturated heterocycles. The van der Waals surface area contributed by atoms with Crippen LogP contribution in [0.25, 0.3) is 0 Å². The normalized spacial score (nSPS) is 18.7. The van der Waals surface area contributed by atoms with E-state index in [9.17, 15) is 14.4 Å². The van der Waals surface area contributed by atoms with Crippen LogP contribution in [0.15, 0.2) is 35.0 Å². The Kier molecular flexibility index (Phi) is 4.89. The third-order valence-corrected chi connectivity index (χ3v) is 5.58. The third kappa shape index (κ3) is 3.52. The van der Waals surface area contributed by atoms with Crippen molar-refractivity contribution in [2.75, 3.05) is 19.6 Å². The minimum atomic E-state index is -0.855. The van der Waals surface area contributed by atoms with Crippen LogP contribution in [0.1, 0.15) is 43.0 Å². The summed E-state index contributed by atoms with van der Waals surface area (Å²) in [5, 5.41) is 6.58. The number of carbonyl (C=O) groups excluding carboxylic acids is 3. The highest BCUT2D eigenvalue weighted by Gasteiger charge is 2.54. The molecule has 2 aliphatic heterocycles. The van der Waals surface area contributed by atoms with Crippen LogP contribution in [-0.2, 0) is 11.3 Å². The summed E-state index contributed by atoms with van der Waals surface area (Å²) in [7, 11) is 0. The summed E-state index contributed by atoms with van der Waals surface area (Å²) in [6, 6.07) is 4.93. The number of amides is 4. The van der Waals surface area contributed by atoms with Crippen molar-refractivity contribution < 1.29 is 18.8 Å². The van der Waals surface area contributed by atoms with Gasteiger partial charge in [0, 0.05) is 32.0 Å². The molecule has 29 heavy (non-hydrogen) atoms. The molecule has 2 fully saturated rings. The van der Waals surface area contributed by atoms with Crippen molar-refractivity contribution in [3.05, 3.63) is 42.1 Å². The Morgan fingerprint density at radius 2 is 2.03 bits per heavy atom. The van der Waals surface area contributed by atoms with Gasteiger partial charge < -0.3 is 14.2 Å². The fourth-order valence-corrected chi connectivity index (χ4v) is 4.08. The summed E-state index contributed by atoms with van der Waals surface area (Å²) in [5.74, 6) is 0.712. The molecule has 9 heteroatoms. The quantitative estimate of drug-likeness (QED) is 0.772. The van der Waals surface area contributed by atoms with Crippen LogP contribution in [-0.4, -0.2) is 62.6 Å². The van der Waals surface area contributed by atoms with Crippen molar-refractivity contribution in [1.82, 2.24) is 24.9 Å². The van der Waals surface area contributed by atoms with Gasteiger partial charge in [-0.25, -0.2) is 4.79 Å². The lowest BCUT2D eigenvalue weighted by atomic mass is 9.85. The lowest BCUT2D eigenvalue weighted by molar-refractivity contribution is -0.129. The molecule has 0 aromatic carbocycles. The summed E-state index contributed by atoms with van der Waals surface area (Å²) >= 11 is 0. The Morgan fingerprint density at radius 3 is 2.69 bits per heavy atom. The maximum absolute atomic E-state index is 12.9. The first kappa shape index (κ1) is 19.2. The third-order valence-electron chi connectivity index (χ3n) is 5.58. The van der Waals surface area contributed by atoms with Crippen LogP contribution in [0.2, 0.25) is 0 Å². The predicted molar refractivity (Wildman–Crippen MR) is 103 cm³/mol. The molecule has 154 valence electrons. The number of rotatable bonds is 5. The number of imide groups is 1. The molecule has 0 aliphatic carbocycles. The number of likely N-dealkylation sites (tertiary alicyclic amines) is 1. The van der Waals surface area contributed by atoms with Gasteiger partial charge in [0.15, 0.2) is 5.76 Å². The standard InChI is InChI=1S/C20H25N5O4/c1-14(2)12-25-19(28)22-18(27)20(25)6-10-23(11-7-20)17(26)16-5-4-15(29-16)13-24-9-3-8-21-24/h3-5,8-9,14H,6-7,10-13H2,1-2H3,(H,22,27,28). The lowest BCUT2D eigenvalue weighted by Gasteiger charge is -2.42. The summed E-state index contributed by atoms with van der Waals surface area (Å²) in [6.07, 6.45) is 4.35. The zero-order chi connectivity index (χ0) is 20.6. The number of nitrogens with one attached hydrogen (secondary N) is 1. The molecule has 2 aromatic heterocycles. The van der Waals surface area contributed by atoms with Crippen molar-refractivity contribution in [1.29, 1.82) is 0 Å². The predicted octanol–water partition coefficient (Wildman–Crippen LogP) is 1.71. The van der Waals surface area contributed by atoms with E-state index in [2.05, 4.69) is 10.4 Å². The molecule has 9 nitrogen and oxygen atoms in total. The van der Waals surface area contributed by atoms with Crippen molar-refractivity contribution in [3.8, 4) is 0 Å². The number of hydrogen-bond acceptors (Lipinski definition) is 5. The van der Waals surface area contributed by atoms with Crippen LogP contribution in [0.5, 0.6) is 0 Å². The fourth-order valence-electron chi connectivity index (χ4n) is 4.08. The van der Waals surface area contributed by atoms with Crippen molar-refractivity contribution in [2.45, 2.75) is 38.8 Å². The summed E-state index contributed by atoms with van der Waals surface area (Å²) in [5.41, 5.74) is -0.855. The maximum atomic E-state index is 12.9. The van der Waals surface area contributed by atoms with E-state index >= 15 is 0 Å². The van der Waals surface area contributed by atoms with Gasteiger partial charge in [-0.15, -0.1) is 0 Å². The SMILES string of the molecule is CC(C)CN1C(=O)NC(=O)C12CCN(C(=O)c1ccc(Cn3cccn3)o1)CC2. The minimum absolute atomic E-state index is 0.202. The van der Waals surface area contributed by atoms with E-state index in [-0.39, 0.29) is 29.5 Å². The van der Waals surface area contributed by atoms with Gasteiger partial charge in [-0.3, -0.25) is 19.6 Å². The van der Waals surface area contributed by atoms with Crippen molar-refractivity contribution in [3.63, 3.8) is 0 Å². The minimum Gasteiger partial charge on any atom is -0.454 e. The first-order valence-electron chi connectivity index (χ1n) is 9.87. The Bertz CT molecular complexity index is 909. The Balaban J connectivity index is 1.42. The average molecular weight is 399 g/mol. The molecule has 0 unspecified atom stereocenters. The van der Waals surface area contributed by atoms with E-state index in [1.54, 1.807) is 32.8 Å². The molecule has 0 atom stereocenters. The van der Waals surface area contributed by atoms with Gasteiger partial charge >= 0.3 is 6.03 Å². The van der Waals surface area contributed by atoms with Gasteiger partial charge in [0.1, 0.15) is 11.3 Å². The first-order chi connectivity index (χ1) is 13.9. The molecule has 0 radical (unpaired) electrons. The summed E-state index contributed by atoms with van der Waals surface area (Å²) < 4.78 is 7.42. The van der Waals surface area contributed by atoms with Gasteiger partial charge in [0.05, 0.1) is 6.54 Å². The highest BCUT2D eigenvalue weighted by atomic mass is 16.4. The second-order valence-electron chi connectivity index (χ2n) is 8.06. The zero-order valence-electron chi connectivity index (χ0n) is 16.6. The van der Waals surface area contributed by atoms with E-state index < -0.39 is 5.54 Å². The van der Waals surface area contributed by atoms with E-state index in [0.29, 0.717) is 44.8 Å². The zero-order valence-corrected chi connectivity index (χ0v) is 16.6. The largest absolute Gasteiger partial charge is 0.454 e. The van der Waals surface area contributed by atoms with Gasteiger partial charge in [-0.1, -0.05) is 13.8 Å². The average Bonchev–Trinajstić information content (AvgIpc) is 3.41. The van der Waals surface area contributed by atoms with Gasteiger partial charge in [-0.2, -0.15) is 5.10 Å². The molecule has 4 rings (SSSR count). The van der Waals surface area contributed by atoms with E-state index in [1.165, 1.54) is 0 Å². The highest BCUT2D eigenvalue weighted by molar-refractivity contribution is 6.07. The molecule has 0 bridgehead atoms. The lowest BCUT2D eigenvalue weighted by Crippen LogP contribution is -2.57. The summed E-state index contributed by atoms with van der Waals surface area (Å²) in [4.78, 5) is 41.0. The first-order valence-corrected chi connectivity index (χ1v) is 9.87. The van der Waals surface area contributed by atoms with Crippen LogP contribution >= 0.6 is 0 Å². The number of nitrogens with zero attached hydrogens (tertiary/aromatic N) is 4. The molecular weight excluding hydrogens is 374 g/mol. The number of hydrogen-bond donors (Lipinski definition) is 1. The van der Waals surface area contributed by atoms with Gasteiger partial charge in [0.25, 0.3) is 11.8 Å². The van der Waals surface area contributed by atoms with Gasteiger partial charge in [0.2, 0.25) is 0 Å². The number of furan rings is 1. The smallest absolute Gasteiger partial charge is 0.325 e. The molecule has 2 aliphatic rings. The number of aromatic nitrogens is 2. The van der Waals surface area contributed by atoms with E-state index in [1.807, 2.05) is 26.1 Å². The second-order valence-corrected chi connectivity index (χ2v) is 8.06. The molecular formula is C20H25N5O4. The van der Waals surface area contributed by atoms with Crippen LogP contribution in [0.4, 0.5) is 4.79 Å². The Labute approximate surface area is 168 Å². The number of piperidine rings is 1. The van der Waals surface area contributed by atoms with Crippen LogP contribution < -0.4 is 5.32 Å². The topological polar surface area (TPSA) is 101 Å². The molecule has 0 saturated carbocycles. The monoisotopic (exact) mass is 399 g/mol. The number of carbonyl (C=O) groups is 3. The Hall–Kier alpha value is -3.10. The molecule has 1 spiro atoms. The van der Waals surface area contributed by atoms with Crippen molar-refractivity contribution >= 4 is 17.8 Å². The maximum Gasteiger partial charge on any atom is 0.325 e. The summed E-state index contributed by atoms with van der Waals surface area (Å²) in [6.45, 7) is 5.78. The second kappa shape index (κ2) is 7.38. The molecule has 1 N–H and O–H groups in total. The van der Waals surface area contributed by atoms with Crippen LogP contribution in [0.3, 0.4) is 0 Å². The molecule has 2 aromatic rings. The molecule has 4 amide bonds. The van der Waals surface area contributed by atoms with E-state index in [4.69, 9.17) is 4.42 Å². The van der Waals surface area contributed by atoms with Gasteiger partial charge in [-0.05, 0) is 37.0 Å². The fraction of sp³-hybridized carbons (Fsp3) is 0.500. The number of urea groups is 1. The Morgan fingerprint density at radius 1 is 1.28 bits per heavy atom. The van der Waals surface area contributed by atoms with Crippen LogP contribution in [0, 0.1) is 5.92 Å². The molecule has 4 heterocycles. The van der Waals surface area contributed by atoms with Crippen molar-refractivity contribution in [2.24, 2.45) is 5.92 Å². The highest BCUT2D eigenvalue weighted by Crippen LogP contribution is 2.34.